The van der Waals surface area contributed by atoms with Gasteiger partial charge in [0.05, 0.1) is 22.1 Å². The topological polar surface area (TPSA) is 71.2 Å². The number of hydrogen-bond donors (Lipinski definition) is 1. The highest BCUT2D eigenvalue weighted by Gasteiger charge is 2.35. The second-order valence-corrected chi connectivity index (χ2v) is 9.64. The Hall–Kier alpha value is -2.45. The van der Waals surface area contributed by atoms with Crippen LogP contribution in [0.1, 0.15) is 44.7 Å². The fourth-order valence-electron chi connectivity index (χ4n) is 4.65. The molecule has 162 valence electrons. The van der Waals surface area contributed by atoms with Crippen molar-refractivity contribution in [3.8, 4) is 11.1 Å². The van der Waals surface area contributed by atoms with Crippen LogP contribution >= 0.6 is 11.8 Å². The summed E-state index contributed by atoms with van der Waals surface area (Å²) in [5.41, 5.74) is 8.44. The lowest BCUT2D eigenvalue weighted by Gasteiger charge is -2.22. The molecular weight excluding hydrogens is 406 g/mol. The van der Waals surface area contributed by atoms with E-state index in [0.717, 1.165) is 51.8 Å². The Kier molecular flexibility index (Phi) is 5.67. The molecule has 3 aromatic heterocycles. The van der Waals surface area contributed by atoms with Crippen LogP contribution in [0.3, 0.4) is 0 Å². The highest BCUT2D eigenvalue weighted by atomic mass is 32.2. The minimum atomic E-state index is 0.456. The average molecular weight is 436 g/mol. The summed E-state index contributed by atoms with van der Waals surface area (Å²) < 4.78 is 1.88. The van der Waals surface area contributed by atoms with Crippen LogP contribution in [0.4, 0.5) is 5.82 Å². The molecule has 5 rings (SSSR count). The number of pyridine rings is 2. The zero-order chi connectivity index (χ0) is 21.4. The van der Waals surface area contributed by atoms with Crippen LogP contribution in [0.15, 0.2) is 35.6 Å². The van der Waals surface area contributed by atoms with Crippen molar-refractivity contribution in [3.63, 3.8) is 0 Å². The Morgan fingerprint density at radius 3 is 2.84 bits per heavy atom. The van der Waals surface area contributed by atoms with Crippen LogP contribution in [0.2, 0.25) is 0 Å². The molecule has 8 heteroatoms. The molecule has 0 amide bonds. The Balaban J connectivity index is 1.43. The van der Waals surface area contributed by atoms with Crippen molar-refractivity contribution >= 4 is 33.8 Å². The van der Waals surface area contributed by atoms with Crippen LogP contribution in [0.5, 0.6) is 0 Å². The Labute approximate surface area is 187 Å². The molecule has 1 aliphatic heterocycles. The van der Waals surface area contributed by atoms with Gasteiger partial charge in [-0.2, -0.15) is 5.10 Å². The highest BCUT2D eigenvalue weighted by Crippen LogP contribution is 2.38. The maximum Gasteiger partial charge on any atom is 0.179 e. The monoisotopic (exact) mass is 435 g/mol. The third kappa shape index (κ3) is 4.19. The number of rotatable bonds is 5. The average Bonchev–Trinajstić information content (AvgIpc) is 3.48. The van der Waals surface area contributed by atoms with Gasteiger partial charge in [0.15, 0.2) is 11.0 Å². The summed E-state index contributed by atoms with van der Waals surface area (Å²) in [5, 5.41) is 8.21. The molecule has 1 aliphatic carbocycles. The first-order valence-electron chi connectivity index (χ1n) is 11.1. The van der Waals surface area contributed by atoms with Crippen molar-refractivity contribution in [1.82, 2.24) is 30.2 Å². The van der Waals surface area contributed by atoms with Gasteiger partial charge in [0.2, 0.25) is 0 Å². The summed E-state index contributed by atoms with van der Waals surface area (Å²) in [6, 6.07) is 6.05. The summed E-state index contributed by atoms with van der Waals surface area (Å²) in [6.45, 7) is 2.17. The Bertz CT molecular complexity index is 1120. The lowest BCUT2D eigenvalue weighted by molar-refractivity contribution is 0.229. The van der Waals surface area contributed by atoms with Crippen molar-refractivity contribution in [2.24, 2.45) is 18.0 Å². The van der Waals surface area contributed by atoms with E-state index in [1.165, 1.54) is 25.7 Å². The summed E-state index contributed by atoms with van der Waals surface area (Å²) in [6.07, 6.45) is 11.3. The van der Waals surface area contributed by atoms with Crippen LogP contribution < -0.4 is 5.43 Å². The first-order chi connectivity index (χ1) is 15.1. The second-order valence-electron chi connectivity index (χ2n) is 8.54. The molecule has 31 heavy (non-hydrogen) atoms. The minimum absolute atomic E-state index is 0.456. The summed E-state index contributed by atoms with van der Waals surface area (Å²) in [5.74, 6) is 1.45. The summed E-state index contributed by atoms with van der Waals surface area (Å²) in [7, 11) is 4.08. The summed E-state index contributed by atoms with van der Waals surface area (Å²) in [4.78, 5) is 14.3. The number of aromatic nitrogens is 4. The SMILES string of the molecule is CCCc1nn(C)cc1-c1cnc2ccc(N=C3NN(C)C(C4CCCC4)S3)nc2c1. The normalized spacial score (nSPS) is 21.4. The van der Waals surface area contributed by atoms with E-state index in [1.807, 2.05) is 41.8 Å². The van der Waals surface area contributed by atoms with E-state index in [0.29, 0.717) is 11.2 Å². The number of hydrazine groups is 1. The van der Waals surface area contributed by atoms with E-state index >= 15 is 0 Å². The lowest BCUT2D eigenvalue weighted by atomic mass is 10.1. The first kappa shape index (κ1) is 20.5. The molecule has 7 nitrogen and oxygen atoms in total. The molecule has 1 saturated carbocycles. The number of aryl methyl sites for hydroxylation is 2. The van der Waals surface area contributed by atoms with Crippen molar-refractivity contribution < 1.29 is 0 Å². The molecule has 1 unspecified atom stereocenters. The van der Waals surface area contributed by atoms with Gasteiger partial charge in [-0.25, -0.2) is 15.0 Å². The summed E-state index contributed by atoms with van der Waals surface area (Å²) >= 11 is 1.82. The van der Waals surface area contributed by atoms with Gasteiger partial charge in [-0.1, -0.05) is 37.9 Å². The van der Waals surface area contributed by atoms with Gasteiger partial charge in [-0.3, -0.25) is 15.1 Å². The molecule has 4 heterocycles. The fourth-order valence-corrected chi connectivity index (χ4v) is 5.89. The number of thioether (sulfide) groups is 1. The van der Waals surface area contributed by atoms with E-state index in [1.54, 1.807) is 0 Å². The predicted octanol–water partition coefficient (Wildman–Crippen LogP) is 4.67. The molecule has 0 spiro atoms. The predicted molar refractivity (Wildman–Crippen MR) is 127 cm³/mol. The van der Waals surface area contributed by atoms with Crippen molar-refractivity contribution in [2.45, 2.75) is 50.8 Å². The van der Waals surface area contributed by atoms with Gasteiger partial charge in [0.1, 0.15) is 0 Å². The minimum Gasteiger partial charge on any atom is -0.297 e. The van der Waals surface area contributed by atoms with Gasteiger partial charge in [0.25, 0.3) is 0 Å². The molecule has 1 saturated heterocycles. The molecular formula is C23H29N7S. The Morgan fingerprint density at radius 1 is 1.19 bits per heavy atom. The van der Waals surface area contributed by atoms with Gasteiger partial charge in [0, 0.05) is 37.6 Å². The van der Waals surface area contributed by atoms with Gasteiger partial charge in [-0.05, 0) is 43.4 Å². The molecule has 3 aromatic rings. The number of nitrogens with zero attached hydrogens (tertiary/aromatic N) is 6. The number of nitrogens with one attached hydrogen (secondary N) is 1. The zero-order valence-corrected chi connectivity index (χ0v) is 19.2. The smallest absolute Gasteiger partial charge is 0.179 e. The van der Waals surface area contributed by atoms with Crippen molar-refractivity contribution in [3.05, 3.63) is 36.3 Å². The van der Waals surface area contributed by atoms with E-state index in [2.05, 4.69) is 46.8 Å². The van der Waals surface area contributed by atoms with Crippen LogP contribution in [0.25, 0.3) is 22.2 Å². The highest BCUT2D eigenvalue weighted by molar-refractivity contribution is 8.14. The van der Waals surface area contributed by atoms with E-state index < -0.39 is 0 Å². The molecule has 0 radical (unpaired) electrons. The third-order valence-corrected chi connectivity index (χ3v) is 7.48. The molecule has 0 bridgehead atoms. The number of hydrogen-bond acceptors (Lipinski definition) is 6. The molecule has 1 atom stereocenters. The van der Waals surface area contributed by atoms with Gasteiger partial charge in [-0.15, -0.1) is 0 Å². The van der Waals surface area contributed by atoms with Crippen LogP contribution in [-0.2, 0) is 13.5 Å². The maximum atomic E-state index is 4.81. The number of aliphatic imine (C=N–C) groups is 1. The van der Waals surface area contributed by atoms with Crippen LogP contribution in [-0.4, -0.2) is 42.3 Å². The van der Waals surface area contributed by atoms with E-state index in [4.69, 9.17) is 9.98 Å². The number of fused-ring (bicyclic) bond motifs is 1. The molecule has 2 fully saturated rings. The van der Waals surface area contributed by atoms with Crippen molar-refractivity contribution in [1.29, 1.82) is 0 Å². The molecule has 2 aliphatic rings. The molecule has 0 aromatic carbocycles. The van der Waals surface area contributed by atoms with E-state index in [9.17, 15) is 0 Å². The van der Waals surface area contributed by atoms with Gasteiger partial charge >= 0.3 is 0 Å². The quantitative estimate of drug-likeness (QED) is 0.628. The second kappa shape index (κ2) is 8.59. The largest absolute Gasteiger partial charge is 0.297 e. The standard InChI is InChI=1S/C23H29N7S/c1-4-7-18-17(14-29(2)27-18)16-12-20-19(24-13-16)10-11-21(25-20)26-23-28-30(3)22(31-23)15-8-5-6-9-15/h10-15,22H,4-9H2,1-3H3,(H,25,26,28). The third-order valence-electron chi connectivity index (χ3n) is 6.13. The van der Waals surface area contributed by atoms with Crippen molar-refractivity contribution in [2.75, 3.05) is 7.05 Å². The van der Waals surface area contributed by atoms with Gasteiger partial charge < -0.3 is 0 Å². The zero-order valence-electron chi connectivity index (χ0n) is 18.4. The number of amidine groups is 1. The van der Waals surface area contributed by atoms with E-state index in [-0.39, 0.29) is 0 Å². The fraction of sp³-hybridized carbons (Fsp3) is 0.478. The molecule has 1 N–H and O–H groups in total. The maximum absolute atomic E-state index is 4.81. The first-order valence-corrected chi connectivity index (χ1v) is 12.0. The Morgan fingerprint density at radius 2 is 2.03 bits per heavy atom. The lowest BCUT2D eigenvalue weighted by Crippen LogP contribution is -2.37. The van der Waals surface area contributed by atoms with Crippen LogP contribution in [0, 0.1) is 5.92 Å².